The summed E-state index contributed by atoms with van der Waals surface area (Å²) in [4.78, 5) is 12.6. The van der Waals surface area contributed by atoms with Gasteiger partial charge in [0.05, 0.1) is 10.9 Å². The predicted octanol–water partition coefficient (Wildman–Crippen LogP) is 2.73. The zero-order chi connectivity index (χ0) is 17.9. The normalized spacial score (nSPS) is 17.5. The second-order valence-corrected chi connectivity index (χ2v) is 8.57. The zero-order valence-electron chi connectivity index (χ0n) is 15.0. The van der Waals surface area contributed by atoms with E-state index in [0.29, 0.717) is 11.1 Å². The summed E-state index contributed by atoms with van der Waals surface area (Å²) in [5, 5.41) is 2.97. The van der Waals surface area contributed by atoms with Crippen molar-refractivity contribution in [2.75, 3.05) is 0 Å². The molecule has 1 unspecified atom stereocenters. The highest BCUT2D eigenvalue weighted by molar-refractivity contribution is 7.89. The summed E-state index contributed by atoms with van der Waals surface area (Å²) in [5.74, 6) is -0.257. The SMILES string of the molecule is Cc1cc(C)c(S(=O)(=O)NC(C)C(=O)NC2CCCCC2)c(C)c1. The van der Waals surface area contributed by atoms with Crippen LogP contribution in [0.4, 0.5) is 0 Å². The summed E-state index contributed by atoms with van der Waals surface area (Å²) in [7, 11) is -3.73. The highest BCUT2D eigenvalue weighted by Gasteiger charge is 2.26. The molecule has 1 fully saturated rings. The summed E-state index contributed by atoms with van der Waals surface area (Å²) in [6, 6.07) is 3.06. The number of carbonyl (C=O) groups is 1. The van der Waals surface area contributed by atoms with Gasteiger partial charge in [-0.3, -0.25) is 4.79 Å². The lowest BCUT2D eigenvalue weighted by molar-refractivity contribution is -0.123. The molecule has 6 heteroatoms. The molecule has 1 aliphatic carbocycles. The minimum atomic E-state index is -3.73. The molecule has 24 heavy (non-hydrogen) atoms. The van der Waals surface area contributed by atoms with Crippen molar-refractivity contribution in [1.29, 1.82) is 0 Å². The van der Waals surface area contributed by atoms with Gasteiger partial charge in [-0.2, -0.15) is 4.72 Å². The quantitative estimate of drug-likeness (QED) is 0.855. The first kappa shape index (κ1) is 18.9. The van der Waals surface area contributed by atoms with Crippen molar-refractivity contribution >= 4 is 15.9 Å². The van der Waals surface area contributed by atoms with Gasteiger partial charge < -0.3 is 5.32 Å². The molecule has 2 rings (SSSR count). The van der Waals surface area contributed by atoms with Crippen molar-refractivity contribution < 1.29 is 13.2 Å². The fourth-order valence-electron chi connectivity index (χ4n) is 3.51. The highest BCUT2D eigenvalue weighted by Crippen LogP contribution is 2.22. The van der Waals surface area contributed by atoms with Crippen molar-refractivity contribution in [3.05, 3.63) is 28.8 Å². The van der Waals surface area contributed by atoms with Gasteiger partial charge in [0.2, 0.25) is 15.9 Å². The number of aryl methyl sites for hydroxylation is 3. The third-order valence-electron chi connectivity index (χ3n) is 4.55. The Kier molecular flexibility index (Phi) is 6.04. The van der Waals surface area contributed by atoms with Crippen LogP contribution in [0.3, 0.4) is 0 Å². The van der Waals surface area contributed by atoms with Crippen LogP contribution in [-0.4, -0.2) is 26.4 Å². The molecule has 1 aromatic rings. The van der Waals surface area contributed by atoms with E-state index in [-0.39, 0.29) is 16.8 Å². The molecule has 1 saturated carbocycles. The van der Waals surface area contributed by atoms with Crippen molar-refractivity contribution in [3.63, 3.8) is 0 Å². The molecule has 0 aliphatic heterocycles. The second-order valence-electron chi connectivity index (χ2n) is 6.91. The maximum Gasteiger partial charge on any atom is 0.241 e. The fraction of sp³-hybridized carbons (Fsp3) is 0.611. The van der Waals surface area contributed by atoms with E-state index in [9.17, 15) is 13.2 Å². The lowest BCUT2D eigenvalue weighted by atomic mass is 9.95. The van der Waals surface area contributed by atoms with Crippen molar-refractivity contribution in [3.8, 4) is 0 Å². The van der Waals surface area contributed by atoms with Crippen LogP contribution >= 0.6 is 0 Å². The average molecular weight is 353 g/mol. The number of benzene rings is 1. The Morgan fingerprint density at radius 3 is 2.17 bits per heavy atom. The molecule has 1 atom stereocenters. The van der Waals surface area contributed by atoms with E-state index >= 15 is 0 Å². The summed E-state index contributed by atoms with van der Waals surface area (Å²) >= 11 is 0. The number of carbonyl (C=O) groups excluding carboxylic acids is 1. The third kappa shape index (κ3) is 4.57. The van der Waals surface area contributed by atoms with Crippen LogP contribution in [0.1, 0.15) is 55.7 Å². The Bertz CT molecular complexity index is 684. The van der Waals surface area contributed by atoms with Crippen LogP contribution < -0.4 is 10.0 Å². The molecule has 0 heterocycles. The molecular weight excluding hydrogens is 324 g/mol. The van der Waals surface area contributed by atoms with E-state index in [1.165, 1.54) is 6.42 Å². The van der Waals surface area contributed by atoms with E-state index < -0.39 is 16.1 Å². The van der Waals surface area contributed by atoms with Gasteiger partial charge in [0.15, 0.2) is 0 Å². The number of rotatable bonds is 5. The summed E-state index contributed by atoms with van der Waals surface area (Å²) in [5.41, 5.74) is 2.41. The van der Waals surface area contributed by atoms with Gasteiger partial charge in [-0.15, -0.1) is 0 Å². The van der Waals surface area contributed by atoms with Gasteiger partial charge >= 0.3 is 0 Å². The first-order chi connectivity index (χ1) is 11.2. The van der Waals surface area contributed by atoms with E-state index in [1.54, 1.807) is 20.8 Å². The van der Waals surface area contributed by atoms with Crippen molar-refractivity contribution in [1.82, 2.24) is 10.0 Å². The van der Waals surface area contributed by atoms with Crippen LogP contribution in [0.5, 0.6) is 0 Å². The predicted molar refractivity (Wildman–Crippen MR) is 95.5 cm³/mol. The number of amides is 1. The molecule has 0 radical (unpaired) electrons. The molecular formula is C18H28N2O3S. The largest absolute Gasteiger partial charge is 0.352 e. The Labute approximate surface area is 145 Å². The molecule has 2 N–H and O–H groups in total. The maximum atomic E-state index is 12.7. The first-order valence-corrected chi connectivity index (χ1v) is 10.1. The van der Waals surface area contributed by atoms with Crippen LogP contribution in [-0.2, 0) is 14.8 Å². The summed E-state index contributed by atoms with van der Waals surface area (Å²) in [6.07, 6.45) is 5.39. The van der Waals surface area contributed by atoms with Gasteiger partial charge in [0.1, 0.15) is 0 Å². The van der Waals surface area contributed by atoms with E-state index in [1.807, 2.05) is 19.1 Å². The topological polar surface area (TPSA) is 75.3 Å². The standard InChI is InChI=1S/C18H28N2O3S/c1-12-10-13(2)17(14(3)11-12)24(22,23)20-15(4)18(21)19-16-8-6-5-7-9-16/h10-11,15-16,20H,5-9H2,1-4H3,(H,19,21). The lowest BCUT2D eigenvalue weighted by Crippen LogP contribution is -2.48. The number of nitrogens with one attached hydrogen (secondary N) is 2. The van der Waals surface area contributed by atoms with Gasteiger partial charge in [-0.1, -0.05) is 37.0 Å². The number of sulfonamides is 1. The fourth-order valence-corrected chi connectivity index (χ4v) is 5.16. The summed E-state index contributed by atoms with van der Waals surface area (Å²) in [6.45, 7) is 7.08. The molecule has 1 aromatic carbocycles. The highest BCUT2D eigenvalue weighted by atomic mass is 32.2. The van der Waals surface area contributed by atoms with E-state index in [2.05, 4.69) is 10.0 Å². The van der Waals surface area contributed by atoms with E-state index in [0.717, 1.165) is 31.2 Å². The molecule has 0 saturated heterocycles. The monoisotopic (exact) mass is 352 g/mol. The second kappa shape index (κ2) is 7.66. The van der Waals surface area contributed by atoms with Crippen LogP contribution in [0.15, 0.2) is 17.0 Å². The Morgan fingerprint density at radius 1 is 1.08 bits per heavy atom. The number of hydrogen-bond acceptors (Lipinski definition) is 3. The van der Waals surface area contributed by atoms with Gasteiger partial charge in [-0.05, 0) is 51.7 Å². The van der Waals surface area contributed by atoms with E-state index in [4.69, 9.17) is 0 Å². The zero-order valence-corrected chi connectivity index (χ0v) is 15.8. The van der Waals surface area contributed by atoms with Crippen LogP contribution in [0, 0.1) is 20.8 Å². The van der Waals surface area contributed by atoms with Gasteiger partial charge in [-0.25, -0.2) is 8.42 Å². The third-order valence-corrected chi connectivity index (χ3v) is 6.40. The van der Waals surface area contributed by atoms with Crippen LogP contribution in [0.2, 0.25) is 0 Å². The number of hydrogen-bond donors (Lipinski definition) is 2. The minimum Gasteiger partial charge on any atom is -0.352 e. The smallest absolute Gasteiger partial charge is 0.241 e. The molecule has 0 aromatic heterocycles. The van der Waals surface area contributed by atoms with Crippen molar-refractivity contribution in [2.45, 2.75) is 76.8 Å². The molecule has 1 amide bonds. The van der Waals surface area contributed by atoms with Crippen molar-refractivity contribution in [2.24, 2.45) is 0 Å². The molecule has 0 spiro atoms. The van der Waals surface area contributed by atoms with Gasteiger partial charge in [0, 0.05) is 6.04 Å². The maximum absolute atomic E-state index is 12.7. The van der Waals surface area contributed by atoms with Crippen LogP contribution in [0.25, 0.3) is 0 Å². The Morgan fingerprint density at radius 2 is 1.62 bits per heavy atom. The molecule has 1 aliphatic rings. The molecule has 134 valence electrons. The molecule has 0 bridgehead atoms. The Balaban J connectivity index is 2.09. The van der Waals surface area contributed by atoms with Gasteiger partial charge in [0.25, 0.3) is 0 Å². The summed E-state index contributed by atoms with van der Waals surface area (Å²) < 4.78 is 27.9. The molecule has 5 nitrogen and oxygen atoms in total. The average Bonchev–Trinajstić information content (AvgIpc) is 2.46. The first-order valence-electron chi connectivity index (χ1n) is 8.61. The lowest BCUT2D eigenvalue weighted by Gasteiger charge is -2.25. The Hall–Kier alpha value is -1.40. The minimum absolute atomic E-state index is 0.168.